The molecular formula is C16H22FNO2S. The first-order valence-corrected chi connectivity index (χ1v) is 8.52. The molecule has 1 aliphatic heterocycles. The van der Waals surface area contributed by atoms with Crippen LogP contribution in [0, 0.1) is 11.7 Å². The van der Waals surface area contributed by atoms with Gasteiger partial charge in [-0.15, -0.1) is 0 Å². The summed E-state index contributed by atoms with van der Waals surface area (Å²) in [6.45, 7) is 1.77. The predicted octanol–water partition coefficient (Wildman–Crippen LogP) is 2.90. The van der Waals surface area contributed by atoms with Gasteiger partial charge in [0.05, 0.1) is 12.1 Å². The van der Waals surface area contributed by atoms with E-state index in [1.165, 1.54) is 12.1 Å². The summed E-state index contributed by atoms with van der Waals surface area (Å²) >= 11 is 1.94. The zero-order valence-corrected chi connectivity index (χ0v) is 13.0. The van der Waals surface area contributed by atoms with Crippen molar-refractivity contribution >= 4 is 17.7 Å². The Morgan fingerprint density at radius 2 is 2.00 bits per heavy atom. The van der Waals surface area contributed by atoms with Gasteiger partial charge in [-0.3, -0.25) is 4.79 Å². The molecule has 21 heavy (non-hydrogen) atoms. The van der Waals surface area contributed by atoms with Crippen molar-refractivity contribution in [2.24, 2.45) is 5.92 Å². The highest BCUT2D eigenvalue weighted by Gasteiger charge is 2.21. The molecule has 0 aliphatic carbocycles. The smallest absolute Gasteiger partial charge is 0.220 e. The van der Waals surface area contributed by atoms with Gasteiger partial charge in [0.1, 0.15) is 5.82 Å². The molecule has 0 bridgehead atoms. The number of aliphatic hydroxyl groups is 1. The van der Waals surface area contributed by atoms with Crippen molar-refractivity contribution in [2.75, 3.05) is 11.5 Å². The van der Waals surface area contributed by atoms with Crippen LogP contribution < -0.4 is 5.32 Å². The minimum Gasteiger partial charge on any atom is -0.386 e. The lowest BCUT2D eigenvalue weighted by Gasteiger charge is -2.24. The molecule has 0 saturated carbocycles. The molecule has 3 nitrogen and oxygen atoms in total. The number of aliphatic hydroxyl groups excluding tert-OH is 1. The largest absolute Gasteiger partial charge is 0.386 e. The molecule has 116 valence electrons. The molecule has 1 aromatic rings. The molecule has 2 rings (SSSR count). The first kappa shape index (κ1) is 16.3. The first-order valence-electron chi connectivity index (χ1n) is 7.37. The number of hydrogen-bond acceptors (Lipinski definition) is 3. The third-order valence-electron chi connectivity index (χ3n) is 3.89. The normalized spacial score (nSPS) is 19.0. The highest BCUT2D eigenvalue weighted by atomic mass is 32.2. The SMILES string of the molecule is CC(NC(=O)CC1CCSCC1)C(O)c1ccc(F)cc1. The van der Waals surface area contributed by atoms with E-state index in [0.717, 1.165) is 24.3 Å². The maximum atomic E-state index is 12.9. The number of thioether (sulfide) groups is 1. The first-order chi connectivity index (χ1) is 10.1. The molecule has 5 heteroatoms. The van der Waals surface area contributed by atoms with Crippen molar-refractivity contribution in [3.05, 3.63) is 35.6 Å². The van der Waals surface area contributed by atoms with Crippen LogP contribution in [0.4, 0.5) is 4.39 Å². The zero-order valence-electron chi connectivity index (χ0n) is 12.2. The van der Waals surface area contributed by atoms with Gasteiger partial charge in [0.25, 0.3) is 0 Å². The Bertz CT molecular complexity index is 460. The van der Waals surface area contributed by atoms with Crippen LogP contribution in [0.2, 0.25) is 0 Å². The Morgan fingerprint density at radius 3 is 2.62 bits per heavy atom. The maximum Gasteiger partial charge on any atom is 0.220 e. The fourth-order valence-electron chi connectivity index (χ4n) is 2.55. The second-order valence-corrected chi connectivity index (χ2v) is 6.84. The average Bonchev–Trinajstić information content (AvgIpc) is 2.48. The number of hydrogen-bond donors (Lipinski definition) is 2. The Balaban J connectivity index is 1.83. The van der Waals surface area contributed by atoms with Gasteiger partial charge in [0, 0.05) is 6.42 Å². The summed E-state index contributed by atoms with van der Waals surface area (Å²) in [6, 6.07) is 5.32. The summed E-state index contributed by atoms with van der Waals surface area (Å²) in [4.78, 5) is 12.0. The lowest BCUT2D eigenvalue weighted by Crippen LogP contribution is -2.38. The molecule has 0 radical (unpaired) electrons. The van der Waals surface area contributed by atoms with Gasteiger partial charge in [0.15, 0.2) is 0 Å². The van der Waals surface area contributed by atoms with E-state index in [0.29, 0.717) is 17.9 Å². The summed E-state index contributed by atoms with van der Waals surface area (Å²) in [5, 5.41) is 13.0. The minimum atomic E-state index is -0.823. The van der Waals surface area contributed by atoms with Crippen LogP contribution in [0.15, 0.2) is 24.3 Å². The second kappa shape index (κ2) is 7.80. The number of nitrogens with one attached hydrogen (secondary N) is 1. The van der Waals surface area contributed by atoms with Gasteiger partial charge < -0.3 is 10.4 Å². The third kappa shape index (κ3) is 5.00. The number of carbonyl (C=O) groups is 1. The quantitative estimate of drug-likeness (QED) is 0.879. The summed E-state index contributed by atoms with van der Waals surface area (Å²) < 4.78 is 12.9. The van der Waals surface area contributed by atoms with E-state index in [9.17, 15) is 14.3 Å². The van der Waals surface area contributed by atoms with Gasteiger partial charge in [0.2, 0.25) is 5.91 Å². The molecule has 1 aromatic carbocycles. The van der Waals surface area contributed by atoms with Crippen LogP contribution in [0.25, 0.3) is 0 Å². The fraction of sp³-hybridized carbons (Fsp3) is 0.562. The van der Waals surface area contributed by atoms with Crippen molar-refractivity contribution in [3.8, 4) is 0 Å². The standard InChI is InChI=1S/C16H22FNO2S/c1-11(16(20)13-2-4-14(17)5-3-13)18-15(19)10-12-6-8-21-9-7-12/h2-5,11-12,16,20H,6-10H2,1H3,(H,18,19). The van der Waals surface area contributed by atoms with Crippen LogP contribution >= 0.6 is 11.8 Å². The van der Waals surface area contributed by atoms with E-state index in [-0.39, 0.29) is 17.8 Å². The van der Waals surface area contributed by atoms with Gasteiger partial charge in [-0.05, 0) is 54.9 Å². The van der Waals surface area contributed by atoms with E-state index in [1.807, 2.05) is 11.8 Å². The number of rotatable bonds is 5. The van der Waals surface area contributed by atoms with E-state index < -0.39 is 6.10 Å². The van der Waals surface area contributed by atoms with Crippen LogP contribution in [0.1, 0.15) is 37.9 Å². The van der Waals surface area contributed by atoms with Crippen LogP contribution in [0.5, 0.6) is 0 Å². The van der Waals surface area contributed by atoms with Gasteiger partial charge >= 0.3 is 0 Å². The Morgan fingerprint density at radius 1 is 1.38 bits per heavy atom. The molecule has 1 heterocycles. The van der Waals surface area contributed by atoms with Crippen molar-refractivity contribution < 1.29 is 14.3 Å². The summed E-state index contributed by atoms with van der Waals surface area (Å²) in [6.07, 6.45) is 1.89. The van der Waals surface area contributed by atoms with Gasteiger partial charge in [-0.25, -0.2) is 4.39 Å². The summed E-state index contributed by atoms with van der Waals surface area (Å²) in [5.41, 5.74) is 0.610. The molecule has 0 aromatic heterocycles. The predicted molar refractivity (Wildman–Crippen MR) is 83.6 cm³/mol. The second-order valence-electron chi connectivity index (χ2n) is 5.61. The minimum absolute atomic E-state index is 0.0134. The van der Waals surface area contributed by atoms with Crippen LogP contribution in [-0.4, -0.2) is 28.6 Å². The van der Waals surface area contributed by atoms with E-state index in [2.05, 4.69) is 5.32 Å². The van der Waals surface area contributed by atoms with Gasteiger partial charge in [-0.2, -0.15) is 11.8 Å². The van der Waals surface area contributed by atoms with Crippen molar-refractivity contribution in [3.63, 3.8) is 0 Å². The molecule has 2 atom stereocenters. The Hall–Kier alpha value is -1.07. The highest BCUT2D eigenvalue weighted by molar-refractivity contribution is 7.99. The average molecular weight is 311 g/mol. The molecule has 2 N–H and O–H groups in total. The maximum absolute atomic E-state index is 12.9. The molecule has 0 spiro atoms. The fourth-order valence-corrected chi connectivity index (χ4v) is 3.76. The molecule has 1 amide bonds. The third-order valence-corrected chi connectivity index (χ3v) is 4.94. The Labute approximate surface area is 129 Å². The van der Waals surface area contributed by atoms with Crippen LogP contribution in [0.3, 0.4) is 0 Å². The van der Waals surface area contributed by atoms with E-state index in [4.69, 9.17) is 0 Å². The summed E-state index contributed by atoms with van der Waals surface area (Å²) in [5.74, 6) is 2.37. The van der Waals surface area contributed by atoms with Gasteiger partial charge in [-0.1, -0.05) is 12.1 Å². The molecule has 1 fully saturated rings. The topological polar surface area (TPSA) is 49.3 Å². The number of halogens is 1. The molecule has 1 aliphatic rings. The zero-order chi connectivity index (χ0) is 15.2. The van der Waals surface area contributed by atoms with E-state index in [1.54, 1.807) is 19.1 Å². The number of amides is 1. The Kier molecular flexibility index (Phi) is 6.06. The van der Waals surface area contributed by atoms with Crippen LogP contribution in [-0.2, 0) is 4.79 Å². The lowest BCUT2D eigenvalue weighted by atomic mass is 9.97. The van der Waals surface area contributed by atoms with Crippen molar-refractivity contribution in [1.82, 2.24) is 5.32 Å². The van der Waals surface area contributed by atoms with Crippen molar-refractivity contribution in [1.29, 1.82) is 0 Å². The molecular weight excluding hydrogens is 289 g/mol. The monoisotopic (exact) mass is 311 g/mol. The number of carbonyl (C=O) groups excluding carboxylic acids is 1. The molecule has 2 unspecified atom stereocenters. The molecule has 1 saturated heterocycles. The van der Waals surface area contributed by atoms with E-state index >= 15 is 0 Å². The summed E-state index contributed by atoms with van der Waals surface area (Å²) in [7, 11) is 0. The van der Waals surface area contributed by atoms with Crippen molar-refractivity contribution in [2.45, 2.75) is 38.3 Å². The highest BCUT2D eigenvalue weighted by Crippen LogP contribution is 2.25. The lowest BCUT2D eigenvalue weighted by molar-refractivity contribution is -0.123. The number of benzene rings is 1.